The molecule has 82 valence electrons. The van der Waals surface area contributed by atoms with Crippen LogP contribution in [0, 0.1) is 13.8 Å². The molecular formula is C12H15ClOS. The Labute approximate surface area is 100 Å². The van der Waals surface area contributed by atoms with Crippen molar-refractivity contribution in [2.75, 3.05) is 5.75 Å². The largest absolute Gasteiger partial charge is 0.281 e. The smallest absolute Gasteiger partial charge is 0.221 e. The van der Waals surface area contributed by atoms with Gasteiger partial charge in [-0.25, -0.2) is 0 Å². The zero-order chi connectivity index (χ0) is 11.3. The van der Waals surface area contributed by atoms with Crippen LogP contribution in [-0.2, 0) is 4.79 Å². The van der Waals surface area contributed by atoms with E-state index < -0.39 is 0 Å². The van der Waals surface area contributed by atoms with Gasteiger partial charge in [-0.2, -0.15) is 0 Å². The van der Waals surface area contributed by atoms with Gasteiger partial charge in [0.05, 0.1) is 0 Å². The summed E-state index contributed by atoms with van der Waals surface area (Å²) in [6.07, 6.45) is 1.32. The van der Waals surface area contributed by atoms with Crippen molar-refractivity contribution in [3.05, 3.63) is 29.3 Å². The monoisotopic (exact) mass is 242 g/mol. The zero-order valence-corrected chi connectivity index (χ0v) is 10.6. The Bertz CT molecular complexity index is 349. The van der Waals surface area contributed by atoms with E-state index in [0.29, 0.717) is 6.42 Å². The minimum Gasteiger partial charge on any atom is -0.281 e. The number of hydrogen-bond acceptors (Lipinski definition) is 2. The molecule has 1 aromatic carbocycles. The molecule has 0 aliphatic carbocycles. The van der Waals surface area contributed by atoms with Gasteiger partial charge in [-0.15, -0.1) is 11.8 Å². The van der Waals surface area contributed by atoms with Crippen LogP contribution in [0.5, 0.6) is 0 Å². The maximum absolute atomic E-state index is 10.5. The molecule has 0 heterocycles. The van der Waals surface area contributed by atoms with Crippen molar-refractivity contribution in [1.29, 1.82) is 0 Å². The summed E-state index contributed by atoms with van der Waals surface area (Å²) < 4.78 is 0. The van der Waals surface area contributed by atoms with Crippen LogP contribution in [0.15, 0.2) is 23.1 Å². The summed E-state index contributed by atoms with van der Waals surface area (Å²) in [6.45, 7) is 4.19. The Hall–Kier alpha value is -0.470. The fourth-order valence-corrected chi connectivity index (χ4v) is 2.46. The summed E-state index contributed by atoms with van der Waals surface area (Å²) >= 11 is 7.06. The van der Waals surface area contributed by atoms with Crippen molar-refractivity contribution >= 4 is 28.6 Å². The third-order valence-electron chi connectivity index (χ3n) is 2.12. The Morgan fingerprint density at radius 1 is 1.40 bits per heavy atom. The van der Waals surface area contributed by atoms with Crippen LogP contribution in [0.3, 0.4) is 0 Å². The lowest BCUT2D eigenvalue weighted by Crippen LogP contribution is -1.89. The predicted molar refractivity (Wildman–Crippen MR) is 66.7 cm³/mol. The number of benzene rings is 1. The van der Waals surface area contributed by atoms with Gasteiger partial charge in [0, 0.05) is 11.3 Å². The van der Waals surface area contributed by atoms with Crippen molar-refractivity contribution in [2.24, 2.45) is 0 Å². The van der Waals surface area contributed by atoms with Crippen LogP contribution in [0.1, 0.15) is 24.0 Å². The van der Waals surface area contributed by atoms with Gasteiger partial charge in [-0.05, 0) is 49.3 Å². The second-order valence-corrected chi connectivity index (χ2v) is 5.13. The highest BCUT2D eigenvalue weighted by atomic mass is 35.5. The van der Waals surface area contributed by atoms with E-state index in [-0.39, 0.29) is 5.24 Å². The molecule has 0 bridgehead atoms. The summed E-state index contributed by atoms with van der Waals surface area (Å²) in [5.41, 5.74) is 2.57. The first kappa shape index (κ1) is 12.6. The van der Waals surface area contributed by atoms with E-state index in [1.165, 1.54) is 16.0 Å². The van der Waals surface area contributed by atoms with E-state index in [4.69, 9.17) is 11.6 Å². The third-order valence-corrected chi connectivity index (χ3v) is 3.55. The van der Waals surface area contributed by atoms with Crippen LogP contribution in [0.4, 0.5) is 0 Å². The number of rotatable bonds is 5. The molecule has 0 spiro atoms. The normalized spacial score (nSPS) is 10.3. The van der Waals surface area contributed by atoms with Gasteiger partial charge < -0.3 is 0 Å². The summed E-state index contributed by atoms with van der Waals surface area (Å²) in [4.78, 5) is 11.8. The highest BCUT2D eigenvalue weighted by Crippen LogP contribution is 2.24. The molecule has 0 saturated heterocycles. The van der Waals surface area contributed by atoms with E-state index in [1.54, 1.807) is 11.8 Å². The zero-order valence-electron chi connectivity index (χ0n) is 9.05. The van der Waals surface area contributed by atoms with Crippen LogP contribution in [0.2, 0.25) is 0 Å². The molecule has 0 atom stereocenters. The van der Waals surface area contributed by atoms with Crippen molar-refractivity contribution in [1.82, 2.24) is 0 Å². The third kappa shape index (κ3) is 4.72. The Kier molecular flexibility index (Phi) is 5.20. The Morgan fingerprint density at radius 2 is 2.13 bits per heavy atom. The van der Waals surface area contributed by atoms with Gasteiger partial charge >= 0.3 is 0 Å². The second kappa shape index (κ2) is 6.19. The van der Waals surface area contributed by atoms with Crippen molar-refractivity contribution in [2.45, 2.75) is 31.6 Å². The summed E-state index contributed by atoms with van der Waals surface area (Å²) in [7, 11) is 0. The quantitative estimate of drug-likeness (QED) is 0.442. The molecule has 1 rings (SSSR count). The molecule has 0 aliphatic rings. The molecule has 1 aromatic rings. The number of hydrogen-bond donors (Lipinski definition) is 0. The maximum atomic E-state index is 10.5. The maximum Gasteiger partial charge on any atom is 0.221 e. The predicted octanol–water partition coefficient (Wildman–Crippen LogP) is 3.94. The molecular weight excluding hydrogens is 228 g/mol. The van der Waals surface area contributed by atoms with Crippen LogP contribution < -0.4 is 0 Å². The highest BCUT2D eigenvalue weighted by Gasteiger charge is 2.01. The first-order chi connectivity index (χ1) is 7.09. The van der Waals surface area contributed by atoms with Crippen molar-refractivity contribution in [3.63, 3.8) is 0 Å². The highest BCUT2D eigenvalue weighted by molar-refractivity contribution is 7.99. The molecule has 1 nitrogen and oxygen atoms in total. The summed E-state index contributed by atoms with van der Waals surface area (Å²) in [5, 5.41) is -0.239. The fourth-order valence-electron chi connectivity index (χ4n) is 1.26. The average Bonchev–Trinajstić information content (AvgIpc) is 2.17. The van der Waals surface area contributed by atoms with Crippen molar-refractivity contribution in [3.8, 4) is 0 Å². The topological polar surface area (TPSA) is 17.1 Å². The molecule has 0 unspecified atom stereocenters. The van der Waals surface area contributed by atoms with E-state index >= 15 is 0 Å². The first-order valence-electron chi connectivity index (χ1n) is 4.98. The number of halogens is 1. The number of aryl methyl sites for hydroxylation is 2. The summed E-state index contributed by atoms with van der Waals surface area (Å²) in [6, 6.07) is 6.43. The number of carbonyl (C=O) groups excluding carboxylic acids is 1. The molecule has 3 heteroatoms. The van der Waals surface area contributed by atoms with Gasteiger partial charge in [0.15, 0.2) is 0 Å². The number of carbonyl (C=O) groups is 1. The minimum atomic E-state index is -0.239. The van der Waals surface area contributed by atoms with Gasteiger partial charge in [0.25, 0.3) is 0 Å². The fraction of sp³-hybridized carbons (Fsp3) is 0.417. The molecule has 0 amide bonds. The SMILES string of the molecule is Cc1ccc(C)c(SCCCC(=O)Cl)c1. The lowest BCUT2D eigenvalue weighted by atomic mass is 10.2. The minimum absolute atomic E-state index is 0.239. The lowest BCUT2D eigenvalue weighted by molar-refractivity contribution is -0.111. The van der Waals surface area contributed by atoms with Gasteiger partial charge in [0.1, 0.15) is 0 Å². The Balaban J connectivity index is 2.43. The van der Waals surface area contributed by atoms with Crippen molar-refractivity contribution < 1.29 is 4.79 Å². The van der Waals surface area contributed by atoms with Crippen LogP contribution >= 0.6 is 23.4 Å². The lowest BCUT2D eigenvalue weighted by Gasteiger charge is -2.05. The van der Waals surface area contributed by atoms with Gasteiger partial charge in [-0.1, -0.05) is 17.7 Å². The number of thioether (sulfide) groups is 1. The van der Waals surface area contributed by atoms with Gasteiger partial charge in [-0.3, -0.25) is 4.79 Å². The van der Waals surface area contributed by atoms with E-state index in [9.17, 15) is 4.79 Å². The molecule has 0 fully saturated rings. The summed E-state index contributed by atoms with van der Waals surface area (Å²) in [5.74, 6) is 0.947. The second-order valence-electron chi connectivity index (χ2n) is 3.58. The molecule has 0 N–H and O–H groups in total. The standard InChI is InChI=1S/C12H15ClOS/c1-9-5-6-10(2)11(8-9)15-7-3-4-12(13)14/h5-6,8H,3-4,7H2,1-2H3. The molecule has 0 aromatic heterocycles. The van der Waals surface area contributed by atoms with Crippen LogP contribution in [-0.4, -0.2) is 11.0 Å². The Morgan fingerprint density at radius 3 is 2.80 bits per heavy atom. The molecule has 0 aliphatic heterocycles. The van der Waals surface area contributed by atoms with Crippen LogP contribution in [0.25, 0.3) is 0 Å². The van der Waals surface area contributed by atoms with E-state index in [1.807, 2.05) is 0 Å². The molecule has 0 saturated carbocycles. The molecule has 0 radical (unpaired) electrons. The van der Waals surface area contributed by atoms with E-state index in [2.05, 4.69) is 32.0 Å². The van der Waals surface area contributed by atoms with E-state index in [0.717, 1.165) is 12.2 Å². The average molecular weight is 243 g/mol. The van der Waals surface area contributed by atoms with Gasteiger partial charge in [0.2, 0.25) is 5.24 Å². The molecule has 15 heavy (non-hydrogen) atoms. The first-order valence-corrected chi connectivity index (χ1v) is 6.34.